The van der Waals surface area contributed by atoms with E-state index in [4.69, 9.17) is 0 Å². The number of H-pyrrole nitrogens is 1. The van der Waals surface area contributed by atoms with E-state index in [0.29, 0.717) is 30.4 Å². The van der Waals surface area contributed by atoms with Gasteiger partial charge >= 0.3 is 5.69 Å². The maximum Gasteiger partial charge on any atom is 0.333 e. The molecule has 18 heavy (non-hydrogen) atoms. The van der Waals surface area contributed by atoms with Gasteiger partial charge in [-0.3, -0.25) is 15.2 Å². The number of anilines is 1. The first-order valence-electron chi connectivity index (χ1n) is 5.43. The summed E-state index contributed by atoms with van der Waals surface area (Å²) in [7, 11) is 0. The van der Waals surface area contributed by atoms with Crippen molar-refractivity contribution in [3.05, 3.63) is 28.0 Å². The van der Waals surface area contributed by atoms with Crippen molar-refractivity contribution in [1.82, 2.24) is 25.0 Å². The number of aryl methyl sites for hydroxylation is 2. The fraction of sp³-hybridized carbons (Fsp3) is 0.444. The largest absolute Gasteiger partial charge is 0.357 e. The van der Waals surface area contributed by atoms with Crippen molar-refractivity contribution in [3.8, 4) is 0 Å². The van der Waals surface area contributed by atoms with Gasteiger partial charge in [0.1, 0.15) is 17.8 Å². The van der Waals surface area contributed by atoms with Gasteiger partial charge in [-0.25, -0.2) is 9.67 Å². The van der Waals surface area contributed by atoms with Crippen molar-refractivity contribution >= 4 is 11.5 Å². The van der Waals surface area contributed by atoms with Crippen LogP contribution in [0.2, 0.25) is 0 Å². The molecule has 0 unspecified atom stereocenters. The molecule has 0 aliphatic heterocycles. The van der Waals surface area contributed by atoms with Crippen molar-refractivity contribution in [2.24, 2.45) is 0 Å². The van der Waals surface area contributed by atoms with Crippen molar-refractivity contribution in [2.45, 2.75) is 26.9 Å². The number of rotatable bonds is 5. The third kappa shape index (κ3) is 2.14. The standard InChI is InChI=1S/C9H13N7O2/c1-3-15-9(8(16(17)18)6(2)14-15)10-4-7-11-5-12-13-7/h5,10H,3-4H2,1-2H3,(H,11,12,13). The number of hydrogen-bond acceptors (Lipinski definition) is 6. The van der Waals surface area contributed by atoms with Crippen LogP contribution in [0.3, 0.4) is 0 Å². The Morgan fingerprint density at radius 1 is 1.61 bits per heavy atom. The van der Waals surface area contributed by atoms with E-state index in [1.807, 2.05) is 6.92 Å². The van der Waals surface area contributed by atoms with E-state index in [2.05, 4.69) is 25.6 Å². The lowest BCUT2D eigenvalue weighted by atomic mass is 10.4. The summed E-state index contributed by atoms with van der Waals surface area (Å²) in [6, 6.07) is 0. The lowest BCUT2D eigenvalue weighted by Gasteiger charge is -2.05. The van der Waals surface area contributed by atoms with Crippen molar-refractivity contribution in [2.75, 3.05) is 5.32 Å². The molecule has 0 radical (unpaired) electrons. The van der Waals surface area contributed by atoms with Crippen LogP contribution in [0.5, 0.6) is 0 Å². The molecule has 0 saturated heterocycles. The van der Waals surface area contributed by atoms with Crippen LogP contribution in [0.15, 0.2) is 6.33 Å². The van der Waals surface area contributed by atoms with E-state index in [-0.39, 0.29) is 5.69 Å². The van der Waals surface area contributed by atoms with Crippen LogP contribution in [0.25, 0.3) is 0 Å². The summed E-state index contributed by atoms with van der Waals surface area (Å²) in [5, 5.41) is 24.5. The van der Waals surface area contributed by atoms with Gasteiger partial charge in [0.05, 0.1) is 11.5 Å². The van der Waals surface area contributed by atoms with E-state index in [1.54, 1.807) is 11.6 Å². The Labute approximate surface area is 102 Å². The van der Waals surface area contributed by atoms with E-state index < -0.39 is 4.92 Å². The van der Waals surface area contributed by atoms with Gasteiger partial charge in [0.15, 0.2) is 0 Å². The molecule has 0 bridgehead atoms. The quantitative estimate of drug-likeness (QED) is 0.601. The zero-order valence-electron chi connectivity index (χ0n) is 10.0. The number of aromatic nitrogens is 5. The molecule has 0 amide bonds. The molecular weight excluding hydrogens is 238 g/mol. The van der Waals surface area contributed by atoms with Gasteiger partial charge in [0, 0.05) is 6.54 Å². The second-order valence-electron chi connectivity index (χ2n) is 3.64. The van der Waals surface area contributed by atoms with Crippen molar-refractivity contribution in [1.29, 1.82) is 0 Å². The highest BCUT2D eigenvalue weighted by atomic mass is 16.6. The fourth-order valence-corrected chi connectivity index (χ4v) is 1.68. The Kier molecular flexibility index (Phi) is 3.22. The zero-order valence-corrected chi connectivity index (χ0v) is 10.0. The van der Waals surface area contributed by atoms with Gasteiger partial charge in [-0.05, 0) is 13.8 Å². The van der Waals surface area contributed by atoms with Gasteiger partial charge in [-0.15, -0.1) is 0 Å². The average Bonchev–Trinajstić information content (AvgIpc) is 2.92. The maximum absolute atomic E-state index is 11.0. The van der Waals surface area contributed by atoms with Crippen LogP contribution in [-0.4, -0.2) is 29.9 Å². The van der Waals surface area contributed by atoms with Gasteiger partial charge < -0.3 is 5.32 Å². The number of nitro groups is 1. The van der Waals surface area contributed by atoms with E-state index in [0.717, 1.165) is 0 Å². The Bertz CT molecular complexity index is 546. The van der Waals surface area contributed by atoms with Gasteiger partial charge in [-0.2, -0.15) is 10.2 Å². The monoisotopic (exact) mass is 251 g/mol. The SMILES string of the molecule is CCn1nc(C)c([N+](=O)[O-])c1NCc1ncn[nH]1. The van der Waals surface area contributed by atoms with E-state index in [1.165, 1.54) is 6.33 Å². The second-order valence-corrected chi connectivity index (χ2v) is 3.64. The number of nitrogens with one attached hydrogen (secondary N) is 2. The molecule has 2 aromatic rings. The molecular formula is C9H13N7O2. The smallest absolute Gasteiger partial charge is 0.333 e. The van der Waals surface area contributed by atoms with E-state index in [9.17, 15) is 10.1 Å². The van der Waals surface area contributed by atoms with Crippen molar-refractivity contribution in [3.63, 3.8) is 0 Å². The molecule has 2 N–H and O–H groups in total. The molecule has 0 aliphatic carbocycles. The second kappa shape index (κ2) is 4.82. The van der Waals surface area contributed by atoms with Crippen LogP contribution in [-0.2, 0) is 13.1 Å². The van der Waals surface area contributed by atoms with Crippen LogP contribution in [0.1, 0.15) is 18.4 Å². The lowest BCUT2D eigenvalue weighted by molar-refractivity contribution is -0.384. The summed E-state index contributed by atoms with van der Waals surface area (Å²) in [6.45, 7) is 4.36. The third-order valence-electron chi connectivity index (χ3n) is 2.47. The molecule has 9 heteroatoms. The van der Waals surface area contributed by atoms with Crippen molar-refractivity contribution < 1.29 is 4.92 Å². The topological polar surface area (TPSA) is 115 Å². The predicted octanol–water partition coefficient (Wildman–Crippen LogP) is 0.850. The molecule has 0 aromatic carbocycles. The molecule has 0 spiro atoms. The highest BCUT2D eigenvalue weighted by Crippen LogP contribution is 2.28. The zero-order chi connectivity index (χ0) is 13.1. The number of aromatic amines is 1. The summed E-state index contributed by atoms with van der Waals surface area (Å²) in [5.41, 5.74) is 0.387. The number of nitrogens with zero attached hydrogens (tertiary/aromatic N) is 5. The highest BCUT2D eigenvalue weighted by Gasteiger charge is 2.24. The van der Waals surface area contributed by atoms with Crippen LogP contribution in [0.4, 0.5) is 11.5 Å². The van der Waals surface area contributed by atoms with Crippen LogP contribution in [0, 0.1) is 17.0 Å². The van der Waals surface area contributed by atoms with Crippen LogP contribution >= 0.6 is 0 Å². The first-order valence-corrected chi connectivity index (χ1v) is 5.43. The minimum Gasteiger partial charge on any atom is -0.357 e. The molecule has 2 rings (SSSR count). The maximum atomic E-state index is 11.0. The van der Waals surface area contributed by atoms with E-state index >= 15 is 0 Å². The molecule has 2 heterocycles. The summed E-state index contributed by atoms with van der Waals surface area (Å²) >= 11 is 0. The molecule has 9 nitrogen and oxygen atoms in total. The summed E-state index contributed by atoms with van der Waals surface area (Å²) in [6.07, 6.45) is 1.38. The van der Waals surface area contributed by atoms with Gasteiger partial charge in [0.2, 0.25) is 5.82 Å². The fourth-order valence-electron chi connectivity index (χ4n) is 1.68. The third-order valence-corrected chi connectivity index (χ3v) is 2.47. The normalized spacial score (nSPS) is 10.6. The molecule has 0 atom stereocenters. The Morgan fingerprint density at radius 3 is 2.94 bits per heavy atom. The van der Waals surface area contributed by atoms with Crippen LogP contribution < -0.4 is 5.32 Å². The van der Waals surface area contributed by atoms with Gasteiger partial charge in [-0.1, -0.05) is 0 Å². The summed E-state index contributed by atoms with van der Waals surface area (Å²) in [4.78, 5) is 14.5. The molecule has 2 aromatic heterocycles. The minimum absolute atomic E-state index is 0.00337. The first-order chi connectivity index (χ1) is 8.63. The molecule has 0 saturated carbocycles. The molecule has 0 aliphatic rings. The van der Waals surface area contributed by atoms with Gasteiger partial charge in [0.25, 0.3) is 0 Å². The molecule has 96 valence electrons. The molecule has 0 fully saturated rings. The Morgan fingerprint density at radius 2 is 2.39 bits per heavy atom. The Hall–Kier alpha value is -2.45. The minimum atomic E-state index is -0.433. The first kappa shape index (κ1) is 12.0. The highest BCUT2D eigenvalue weighted by molar-refractivity contribution is 5.59. The number of hydrogen-bond donors (Lipinski definition) is 2. The Balaban J connectivity index is 2.27. The predicted molar refractivity (Wildman–Crippen MR) is 63.0 cm³/mol. The summed E-state index contributed by atoms with van der Waals surface area (Å²) < 4.78 is 1.56. The summed E-state index contributed by atoms with van der Waals surface area (Å²) in [5.74, 6) is 0.988. The average molecular weight is 251 g/mol. The lowest BCUT2D eigenvalue weighted by Crippen LogP contribution is -2.09.